The smallest absolute Gasteiger partial charge is 0.255 e. The molecule has 2 aromatic rings. The average Bonchev–Trinajstić information content (AvgIpc) is 2.57. The van der Waals surface area contributed by atoms with E-state index in [9.17, 15) is 18.4 Å². The van der Waals surface area contributed by atoms with E-state index in [0.717, 1.165) is 21.9 Å². The highest BCUT2D eigenvalue weighted by molar-refractivity contribution is 7.98. The van der Waals surface area contributed by atoms with Gasteiger partial charge in [-0.2, -0.15) is 0 Å². The molecule has 0 aromatic heterocycles. The minimum atomic E-state index is -1.18. The summed E-state index contributed by atoms with van der Waals surface area (Å²) in [7, 11) is 1.37. The number of benzene rings is 2. The van der Waals surface area contributed by atoms with E-state index in [4.69, 9.17) is 11.6 Å². The lowest BCUT2D eigenvalue weighted by atomic mass is 10.2. The number of para-hydroxylation sites is 1. The number of nitrogens with one attached hydrogen (secondary N) is 1. The molecule has 2 aromatic carbocycles. The lowest BCUT2D eigenvalue weighted by Gasteiger charge is -2.18. The Morgan fingerprint density at radius 1 is 1.20 bits per heavy atom. The molecule has 0 radical (unpaired) electrons. The summed E-state index contributed by atoms with van der Waals surface area (Å²) in [5.74, 6) is -3.43. The van der Waals surface area contributed by atoms with E-state index in [0.29, 0.717) is 5.69 Å². The van der Waals surface area contributed by atoms with Crippen LogP contribution < -0.4 is 5.32 Å². The molecule has 0 fully saturated rings. The van der Waals surface area contributed by atoms with E-state index < -0.39 is 23.4 Å². The second-order valence-corrected chi connectivity index (χ2v) is 6.41. The fourth-order valence-electron chi connectivity index (χ4n) is 2.12. The summed E-state index contributed by atoms with van der Waals surface area (Å²) in [6.45, 7) is -0.267. The Bertz CT molecular complexity index is 817. The van der Waals surface area contributed by atoms with Crippen LogP contribution in [0, 0.1) is 11.6 Å². The van der Waals surface area contributed by atoms with Gasteiger partial charge in [-0.25, -0.2) is 8.78 Å². The summed E-state index contributed by atoms with van der Waals surface area (Å²) in [4.78, 5) is 26.4. The van der Waals surface area contributed by atoms with E-state index in [1.807, 2.05) is 18.4 Å². The van der Waals surface area contributed by atoms with Crippen LogP contribution in [0.4, 0.5) is 14.5 Å². The number of thioether (sulfide) groups is 1. The van der Waals surface area contributed by atoms with Crippen molar-refractivity contribution in [3.05, 3.63) is 58.6 Å². The topological polar surface area (TPSA) is 49.4 Å². The molecule has 132 valence electrons. The van der Waals surface area contributed by atoms with Gasteiger partial charge < -0.3 is 10.2 Å². The molecule has 8 heteroatoms. The van der Waals surface area contributed by atoms with E-state index in [2.05, 4.69) is 5.32 Å². The Balaban J connectivity index is 2.08. The van der Waals surface area contributed by atoms with Crippen molar-refractivity contribution >= 4 is 40.9 Å². The zero-order valence-corrected chi connectivity index (χ0v) is 15.0. The fourth-order valence-corrected chi connectivity index (χ4v) is 2.90. The number of likely N-dealkylation sites (N-methyl/N-ethyl adjacent to an activating group) is 1. The summed E-state index contributed by atoms with van der Waals surface area (Å²) < 4.78 is 26.4. The van der Waals surface area contributed by atoms with Gasteiger partial charge in [0.15, 0.2) is 11.6 Å². The lowest BCUT2D eigenvalue weighted by molar-refractivity contribution is -0.116. The molecule has 0 saturated carbocycles. The Morgan fingerprint density at radius 3 is 2.52 bits per heavy atom. The number of hydrogen-bond donors (Lipinski definition) is 1. The zero-order valence-electron chi connectivity index (χ0n) is 13.5. The molecule has 0 unspecified atom stereocenters. The molecule has 4 nitrogen and oxygen atoms in total. The van der Waals surface area contributed by atoms with Gasteiger partial charge in [-0.15, -0.1) is 11.8 Å². The van der Waals surface area contributed by atoms with E-state index >= 15 is 0 Å². The highest BCUT2D eigenvalue weighted by Gasteiger charge is 2.20. The third kappa shape index (κ3) is 4.70. The summed E-state index contributed by atoms with van der Waals surface area (Å²) >= 11 is 7.26. The first-order valence-electron chi connectivity index (χ1n) is 7.16. The number of rotatable bonds is 5. The summed E-state index contributed by atoms with van der Waals surface area (Å²) in [6.07, 6.45) is 1.88. The van der Waals surface area contributed by atoms with Gasteiger partial charge in [0, 0.05) is 11.9 Å². The first kappa shape index (κ1) is 19.2. The Hall–Kier alpha value is -2.12. The SMILES string of the molecule is CSc1ccccc1NC(=O)CN(C)C(=O)c1cc(F)c(F)cc1Cl. The number of hydrogen-bond acceptors (Lipinski definition) is 3. The van der Waals surface area contributed by atoms with Crippen LogP contribution in [0.15, 0.2) is 41.3 Å². The van der Waals surface area contributed by atoms with E-state index in [1.54, 1.807) is 12.1 Å². The quantitative estimate of drug-likeness (QED) is 0.625. The second kappa shape index (κ2) is 8.31. The van der Waals surface area contributed by atoms with Crippen molar-refractivity contribution in [3.8, 4) is 0 Å². The van der Waals surface area contributed by atoms with Gasteiger partial charge in [0.25, 0.3) is 5.91 Å². The normalized spacial score (nSPS) is 10.4. The van der Waals surface area contributed by atoms with Crippen molar-refractivity contribution in [2.45, 2.75) is 4.90 Å². The highest BCUT2D eigenvalue weighted by Crippen LogP contribution is 2.25. The van der Waals surface area contributed by atoms with Gasteiger partial charge in [0.2, 0.25) is 5.91 Å². The van der Waals surface area contributed by atoms with Crippen molar-refractivity contribution < 1.29 is 18.4 Å². The minimum absolute atomic E-state index is 0.208. The van der Waals surface area contributed by atoms with E-state index in [-0.39, 0.29) is 17.1 Å². The van der Waals surface area contributed by atoms with Gasteiger partial charge in [0.05, 0.1) is 22.8 Å². The van der Waals surface area contributed by atoms with Gasteiger partial charge >= 0.3 is 0 Å². The minimum Gasteiger partial charge on any atom is -0.332 e. The van der Waals surface area contributed by atoms with Crippen molar-refractivity contribution in [2.75, 3.05) is 25.2 Å². The molecule has 2 amide bonds. The number of carbonyl (C=O) groups excluding carboxylic acids is 2. The van der Waals surface area contributed by atoms with Gasteiger partial charge in [-0.05, 0) is 30.5 Å². The van der Waals surface area contributed by atoms with Crippen LogP contribution in [0.2, 0.25) is 5.02 Å². The third-order valence-corrected chi connectivity index (χ3v) is 4.46. The van der Waals surface area contributed by atoms with Crippen LogP contribution >= 0.6 is 23.4 Å². The monoisotopic (exact) mass is 384 g/mol. The molecular formula is C17H15ClF2N2O2S. The van der Waals surface area contributed by atoms with Crippen molar-refractivity contribution in [1.82, 2.24) is 4.90 Å². The molecule has 0 saturated heterocycles. The van der Waals surface area contributed by atoms with Gasteiger partial charge in [-0.3, -0.25) is 9.59 Å². The van der Waals surface area contributed by atoms with Crippen molar-refractivity contribution in [1.29, 1.82) is 0 Å². The number of nitrogens with zero attached hydrogens (tertiary/aromatic N) is 1. The molecule has 0 spiro atoms. The highest BCUT2D eigenvalue weighted by atomic mass is 35.5. The molecule has 2 rings (SSSR count). The molecule has 0 bridgehead atoms. The molecule has 1 N–H and O–H groups in total. The van der Waals surface area contributed by atoms with E-state index in [1.165, 1.54) is 18.8 Å². The molecule has 25 heavy (non-hydrogen) atoms. The van der Waals surface area contributed by atoms with Crippen molar-refractivity contribution in [3.63, 3.8) is 0 Å². The van der Waals surface area contributed by atoms with Crippen LogP contribution in [0.25, 0.3) is 0 Å². The van der Waals surface area contributed by atoms with Crippen LogP contribution in [-0.4, -0.2) is 36.6 Å². The first-order chi connectivity index (χ1) is 11.8. The maximum atomic E-state index is 13.3. The predicted octanol–water partition coefficient (Wildman–Crippen LogP) is 4.05. The Labute approximate surface area is 153 Å². The zero-order chi connectivity index (χ0) is 18.6. The van der Waals surface area contributed by atoms with Crippen molar-refractivity contribution in [2.24, 2.45) is 0 Å². The summed E-state index contributed by atoms with van der Waals surface area (Å²) in [5, 5.41) is 2.49. The molecule has 0 aliphatic heterocycles. The summed E-state index contributed by atoms with van der Waals surface area (Å²) in [5.41, 5.74) is 0.423. The Kier molecular flexibility index (Phi) is 6.39. The molecular weight excluding hydrogens is 370 g/mol. The third-order valence-electron chi connectivity index (χ3n) is 3.35. The summed E-state index contributed by atoms with van der Waals surface area (Å²) in [6, 6.07) is 8.69. The van der Waals surface area contributed by atoms with Gasteiger partial charge in [-0.1, -0.05) is 23.7 Å². The molecule has 0 heterocycles. The molecule has 0 atom stereocenters. The standard InChI is InChI=1S/C17H15ClF2N2O2S/c1-22(17(24)10-7-12(19)13(20)8-11(10)18)9-16(23)21-14-5-3-4-6-15(14)25-2/h3-8H,9H2,1-2H3,(H,21,23). The Morgan fingerprint density at radius 2 is 1.84 bits per heavy atom. The van der Waals surface area contributed by atoms with Crippen LogP contribution in [-0.2, 0) is 4.79 Å². The van der Waals surface area contributed by atoms with Gasteiger partial charge in [0.1, 0.15) is 0 Å². The first-order valence-corrected chi connectivity index (χ1v) is 8.76. The van der Waals surface area contributed by atoms with Crippen LogP contribution in [0.3, 0.4) is 0 Å². The van der Waals surface area contributed by atoms with Crippen LogP contribution in [0.5, 0.6) is 0 Å². The number of carbonyl (C=O) groups is 2. The molecule has 0 aliphatic carbocycles. The number of amides is 2. The lowest BCUT2D eigenvalue weighted by Crippen LogP contribution is -2.35. The maximum absolute atomic E-state index is 13.3. The number of halogens is 3. The van der Waals surface area contributed by atoms with Crippen LogP contribution in [0.1, 0.15) is 10.4 Å². The molecule has 0 aliphatic rings. The number of anilines is 1. The average molecular weight is 385 g/mol. The largest absolute Gasteiger partial charge is 0.332 e. The fraction of sp³-hybridized carbons (Fsp3) is 0.176. The maximum Gasteiger partial charge on any atom is 0.255 e. The second-order valence-electron chi connectivity index (χ2n) is 5.16. The predicted molar refractivity (Wildman–Crippen MR) is 95.2 cm³/mol.